The smallest absolute Gasteiger partial charge is 0.258 e. The summed E-state index contributed by atoms with van der Waals surface area (Å²) in [5.74, 6) is 0.0909. The molecule has 2 rings (SSSR count). The van der Waals surface area contributed by atoms with Gasteiger partial charge in [-0.15, -0.1) is 4.80 Å². The Labute approximate surface area is 92.0 Å². The van der Waals surface area contributed by atoms with Gasteiger partial charge in [-0.05, 0) is 15.9 Å². The Morgan fingerprint density at radius 1 is 1.40 bits per heavy atom. The number of hydrogen-bond donors (Lipinski definition) is 0. The molecule has 2 aromatic rings. The molecule has 7 nitrogen and oxygen atoms in total. The van der Waals surface area contributed by atoms with Gasteiger partial charge in [-0.3, -0.25) is 10.1 Å². The number of pyridine rings is 1. The molecule has 0 radical (unpaired) electrons. The Bertz CT molecular complexity index is 498. The minimum Gasteiger partial charge on any atom is -0.258 e. The van der Waals surface area contributed by atoms with Gasteiger partial charge in [0, 0.05) is 16.7 Å². The summed E-state index contributed by atoms with van der Waals surface area (Å²) in [6.07, 6.45) is 4.30. The maximum Gasteiger partial charge on any atom is 0.316 e. The van der Waals surface area contributed by atoms with E-state index in [0.29, 0.717) is 4.47 Å². The highest BCUT2D eigenvalue weighted by molar-refractivity contribution is 9.10. The molecule has 76 valence electrons. The summed E-state index contributed by atoms with van der Waals surface area (Å²) in [6.45, 7) is 0. The van der Waals surface area contributed by atoms with Crippen LogP contribution in [-0.2, 0) is 0 Å². The first-order valence-electron chi connectivity index (χ1n) is 3.85. The molecule has 0 spiro atoms. The SMILES string of the molecule is O=[N+]([O-])c1cc(Br)cnc1-n1nccn1. The largest absolute Gasteiger partial charge is 0.316 e. The van der Waals surface area contributed by atoms with Crippen LogP contribution in [0.3, 0.4) is 0 Å². The fourth-order valence-corrected chi connectivity index (χ4v) is 1.35. The lowest BCUT2D eigenvalue weighted by Gasteiger charge is -2.00. The maximum absolute atomic E-state index is 10.7. The Balaban J connectivity index is 2.61. The molecule has 0 fully saturated rings. The van der Waals surface area contributed by atoms with Crippen LogP contribution in [0.4, 0.5) is 5.69 Å². The van der Waals surface area contributed by atoms with E-state index in [1.165, 1.54) is 24.7 Å². The summed E-state index contributed by atoms with van der Waals surface area (Å²) in [7, 11) is 0. The lowest BCUT2D eigenvalue weighted by Crippen LogP contribution is -2.05. The highest BCUT2D eigenvalue weighted by atomic mass is 79.9. The van der Waals surface area contributed by atoms with Gasteiger partial charge in [-0.1, -0.05) is 0 Å². The van der Waals surface area contributed by atoms with Crippen molar-refractivity contribution in [3.8, 4) is 5.82 Å². The zero-order chi connectivity index (χ0) is 10.8. The van der Waals surface area contributed by atoms with Crippen LogP contribution in [0.25, 0.3) is 5.82 Å². The van der Waals surface area contributed by atoms with Crippen LogP contribution >= 0.6 is 15.9 Å². The first-order chi connectivity index (χ1) is 7.18. The second kappa shape index (κ2) is 3.73. The van der Waals surface area contributed by atoms with E-state index in [0.717, 1.165) is 4.80 Å². The summed E-state index contributed by atoms with van der Waals surface area (Å²) in [5, 5.41) is 18.3. The van der Waals surface area contributed by atoms with Gasteiger partial charge >= 0.3 is 5.69 Å². The number of halogens is 1. The monoisotopic (exact) mass is 269 g/mol. The van der Waals surface area contributed by atoms with E-state index < -0.39 is 4.92 Å². The van der Waals surface area contributed by atoms with Gasteiger partial charge < -0.3 is 0 Å². The van der Waals surface area contributed by atoms with Crippen molar-refractivity contribution < 1.29 is 4.92 Å². The predicted octanol–water partition coefficient (Wildman–Crippen LogP) is 1.33. The van der Waals surface area contributed by atoms with E-state index >= 15 is 0 Å². The molecule has 0 amide bonds. The summed E-state index contributed by atoms with van der Waals surface area (Å²) in [5.41, 5.74) is -0.152. The molecular weight excluding hydrogens is 266 g/mol. The third kappa shape index (κ3) is 1.84. The second-order valence-electron chi connectivity index (χ2n) is 2.57. The van der Waals surface area contributed by atoms with Crippen molar-refractivity contribution in [3.05, 3.63) is 39.2 Å². The summed E-state index contributed by atoms with van der Waals surface area (Å²) in [6, 6.07) is 1.35. The van der Waals surface area contributed by atoms with Gasteiger partial charge in [0.15, 0.2) is 0 Å². The average molecular weight is 270 g/mol. The molecule has 0 atom stereocenters. The van der Waals surface area contributed by atoms with Crippen LogP contribution < -0.4 is 0 Å². The van der Waals surface area contributed by atoms with Gasteiger partial charge in [0.05, 0.1) is 17.3 Å². The van der Waals surface area contributed by atoms with Crippen LogP contribution in [0.1, 0.15) is 0 Å². The quantitative estimate of drug-likeness (QED) is 0.606. The van der Waals surface area contributed by atoms with Crippen molar-refractivity contribution in [1.29, 1.82) is 0 Å². The zero-order valence-corrected chi connectivity index (χ0v) is 8.83. The molecule has 0 aromatic carbocycles. The Kier molecular flexibility index (Phi) is 2.42. The van der Waals surface area contributed by atoms with E-state index in [4.69, 9.17) is 0 Å². The molecule has 0 aliphatic rings. The molecule has 0 saturated heterocycles. The first-order valence-corrected chi connectivity index (χ1v) is 4.64. The van der Waals surface area contributed by atoms with Gasteiger partial charge in [0.2, 0.25) is 0 Å². The minimum absolute atomic E-state index is 0.0909. The second-order valence-corrected chi connectivity index (χ2v) is 3.49. The molecule has 0 saturated carbocycles. The highest BCUT2D eigenvalue weighted by Crippen LogP contribution is 2.22. The van der Waals surface area contributed by atoms with E-state index in [-0.39, 0.29) is 11.5 Å². The van der Waals surface area contributed by atoms with Crippen molar-refractivity contribution in [1.82, 2.24) is 20.0 Å². The molecular formula is C7H4BrN5O2. The molecule has 0 N–H and O–H groups in total. The number of rotatable bonds is 2. The first kappa shape index (κ1) is 9.71. The Morgan fingerprint density at radius 3 is 2.67 bits per heavy atom. The predicted molar refractivity (Wildman–Crippen MR) is 53.5 cm³/mol. The van der Waals surface area contributed by atoms with Crippen molar-refractivity contribution >= 4 is 21.6 Å². The average Bonchev–Trinajstić information content (AvgIpc) is 2.70. The topological polar surface area (TPSA) is 86.7 Å². The third-order valence-corrected chi connectivity index (χ3v) is 2.05. The fourth-order valence-electron chi connectivity index (χ4n) is 1.03. The maximum atomic E-state index is 10.7. The Hall–Kier alpha value is -1.83. The van der Waals surface area contributed by atoms with E-state index in [1.54, 1.807) is 0 Å². The summed E-state index contributed by atoms with van der Waals surface area (Å²) in [4.78, 5) is 15.2. The number of aromatic nitrogens is 4. The third-order valence-electron chi connectivity index (χ3n) is 1.62. The van der Waals surface area contributed by atoms with E-state index in [2.05, 4.69) is 31.1 Å². The lowest BCUT2D eigenvalue weighted by molar-refractivity contribution is -0.385. The van der Waals surface area contributed by atoms with E-state index in [1.807, 2.05) is 0 Å². The van der Waals surface area contributed by atoms with Crippen molar-refractivity contribution in [2.24, 2.45) is 0 Å². The summed E-state index contributed by atoms with van der Waals surface area (Å²) >= 11 is 3.11. The van der Waals surface area contributed by atoms with Gasteiger partial charge in [0.25, 0.3) is 5.82 Å². The number of hydrogen-bond acceptors (Lipinski definition) is 5. The van der Waals surface area contributed by atoms with Crippen LogP contribution in [-0.4, -0.2) is 24.9 Å². The molecule has 2 heterocycles. The van der Waals surface area contributed by atoms with Crippen molar-refractivity contribution in [3.63, 3.8) is 0 Å². The van der Waals surface area contributed by atoms with Crippen LogP contribution in [0, 0.1) is 10.1 Å². The Morgan fingerprint density at radius 2 is 2.07 bits per heavy atom. The van der Waals surface area contributed by atoms with Gasteiger partial charge in [-0.2, -0.15) is 10.2 Å². The molecule has 0 aliphatic heterocycles. The molecule has 2 aromatic heterocycles. The lowest BCUT2D eigenvalue weighted by atomic mass is 10.4. The molecule has 8 heteroatoms. The molecule has 0 aliphatic carbocycles. The highest BCUT2D eigenvalue weighted by Gasteiger charge is 2.18. The van der Waals surface area contributed by atoms with Gasteiger partial charge in [-0.25, -0.2) is 4.98 Å². The zero-order valence-electron chi connectivity index (χ0n) is 7.24. The van der Waals surface area contributed by atoms with Crippen molar-refractivity contribution in [2.75, 3.05) is 0 Å². The van der Waals surface area contributed by atoms with Gasteiger partial charge in [0.1, 0.15) is 0 Å². The molecule has 0 bridgehead atoms. The minimum atomic E-state index is -0.531. The van der Waals surface area contributed by atoms with Crippen LogP contribution in [0.2, 0.25) is 0 Å². The number of nitro groups is 1. The fraction of sp³-hybridized carbons (Fsp3) is 0. The van der Waals surface area contributed by atoms with Crippen LogP contribution in [0.15, 0.2) is 29.1 Å². The molecule has 15 heavy (non-hydrogen) atoms. The normalized spacial score (nSPS) is 10.2. The molecule has 0 unspecified atom stereocenters. The van der Waals surface area contributed by atoms with Crippen molar-refractivity contribution in [2.45, 2.75) is 0 Å². The number of nitrogens with zero attached hydrogens (tertiary/aromatic N) is 5. The van der Waals surface area contributed by atoms with E-state index in [9.17, 15) is 10.1 Å². The standard InChI is InChI=1S/C7H4BrN5O2/c8-5-3-6(13(14)15)7(9-4-5)12-10-1-2-11-12/h1-4H. The summed E-state index contributed by atoms with van der Waals surface area (Å²) < 4.78 is 0.533. The van der Waals surface area contributed by atoms with Crippen LogP contribution in [0.5, 0.6) is 0 Å².